The van der Waals surface area contributed by atoms with Crippen LogP contribution in [0.3, 0.4) is 0 Å². The van der Waals surface area contributed by atoms with Gasteiger partial charge < -0.3 is 9.80 Å². The molecule has 1 aromatic heterocycles. The van der Waals surface area contributed by atoms with Gasteiger partial charge in [-0.15, -0.1) is 11.3 Å². The topological polar surface area (TPSA) is 6.48 Å². The summed E-state index contributed by atoms with van der Waals surface area (Å²) in [6.45, 7) is 55.9. The lowest BCUT2D eigenvalue weighted by atomic mass is 9.36. The number of hydrogen-bond acceptors (Lipinski definition) is 3. The number of hydrogen-bond donors (Lipinski definition) is 0. The lowest BCUT2D eigenvalue weighted by Gasteiger charge is -2.45. The maximum absolute atomic E-state index is 2.77. The smallest absolute Gasteiger partial charge is 0.264 e. The predicted molar refractivity (Wildman–Crippen MR) is 336 cm³/mol. The molecule has 7 aromatic rings. The zero-order chi connectivity index (χ0) is 55.4. The van der Waals surface area contributed by atoms with Crippen molar-refractivity contribution in [3.8, 4) is 11.1 Å². The van der Waals surface area contributed by atoms with Gasteiger partial charge in [0.1, 0.15) is 0 Å². The summed E-state index contributed by atoms with van der Waals surface area (Å²) in [5, 5.41) is 1.35. The van der Waals surface area contributed by atoms with Crippen molar-refractivity contribution in [3.05, 3.63) is 147 Å². The monoisotopic (exact) mass is 1020 g/mol. The van der Waals surface area contributed by atoms with E-state index in [9.17, 15) is 0 Å². The molecule has 76 heavy (non-hydrogen) atoms. The quantitative estimate of drug-likeness (QED) is 0.163. The van der Waals surface area contributed by atoms with Gasteiger partial charge in [-0.1, -0.05) is 202 Å². The first-order valence-corrected chi connectivity index (χ1v) is 29.6. The van der Waals surface area contributed by atoms with E-state index < -0.39 is 0 Å². The van der Waals surface area contributed by atoms with E-state index in [4.69, 9.17) is 0 Å². The van der Waals surface area contributed by atoms with Crippen LogP contribution in [-0.4, -0.2) is 6.71 Å². The lowest BCUT2D eigenvalue weighted by Crippen LogP contribution is -2.60. The average Bonchev–Trinajstić information content (AvgIpc) is 3.94. The molecule has 0 bridgehead atoms. The highest BCUT2D eigenvalue weighted by molar-refractivity contribution is 7.33. The summed E-state index contributed by atoms with van der Waals surface area (Å²) in [5.74, 6) is 0. The fourth-order valence-electron chi connectivity index (χ4n) is 14.9. The van der Waals surface area contributed by atoms with Crippen LogP contribution in [0.25, 0.3) is 21.2 Å². The molecule has 0 saturated heterocycles. The third kappa shape index (κ3) is 8.12. The van der Waals surface area contributed by atoms with Crippen molar-refractivity contribution in [2.24, 2.45) is 0 Å². The van der Waals surface area contributed by atoms with Gasteiger partial charge in [0.25, 0.3) is 6.71 Å². The second-order valence-corrected chi connectivity index (χ2v) is 32.9. The number of benzene rings is 6. The SMILES string of the molecule is CC(C)(C)c1ccc(N2c3cc(C(C)(C)C)cc4c3B(c3cc(C(C)(C)C)ccc3N4c3ccc(C(C)(C)C)cc3-c3c4c(cc5c3C(C)(C)CC5(C)C)C(C)(C)CC4(C)C)c3sc4ccc(C(C)(C)C)cc4c32)cc1. The summed E-state index contributed by atoms with van der Waals surface area (Å²) >= 11 is 2.02. The number of rotatable bonds is 3. The van der Waals surface area contributed by atoms with Gasteiger partial charge in [0.2, 0.25) is 0 Å². The van der Waals surface area contributed by atoms with Crippen LogP contribution >= 0.6 is 11.3 Å². The highest BCUT2D eigenvalue weighted by atomic mass is 32.1. The van der Waals surface area contributed by atoms with Gasteiger partial charge in [-0.2, -0.15) is 0 Å². The van der Waals surface area contributed by atoms with Crippen LogP contribution in [0.5, 0.6) is 0 Å². The second-order valence-electron chi connectivity index (χ2n) is 31.8. The zero-order valence-corrected chi connectivity index (χ0v) is 51.8. The highest BCUT2D eigenvalue weighted by Gasteiger charge is 2.52. The third-order valence-corrected chi connectivity index (χ3v) is 19.8. The standard InChI is InChI=1S/C72H89BN2S/c1-64(2,3)42-24-29-47(30-25-42)74-55-37-46(68(13,14)15)38-56-61(55)73(63-62(74)49-35-44(66(7,8)9)28-33-57(49)76-63)52-36-45(67(10,11)12)27-32-54(52)75(56)53-31-26-43(65(4,5)6)34-48(53)58-59-50(69(16,17)40-71(59,20)21)39-51-60(58)72(22,23)41-70(51,18)19/h24-39H,40-41H2,1-23H3. The maximum atomic E-state index is 2.77. The van der Waals surface area contributed by atoms with Crippen LogP contribution in [0, 0.1) is 0 Å². The lowest BCUT2D eigenvalue weighted by molar-refractivity contribution is 0.396. The van der Waals surface area contributed by atoms with Crippen LogP contribution in [0.4, 0.5) is 34.1 Å². The van der Waals surface area contributed by atoms with E-state index in [1.165, 1.54) is 98.9 Å². The molecule has 2 aliphatic heterocycles. The van der Waals surface area contributed by atoms with Gasteiger partial charge >= 0.3 is 0 Å². The molecule has 0 radical (unpaired) electrons. The third-order valence-electron chi connectivity index (χ3n) is 18.5. The van der Waals surface area contributed by atoms with E-state index in [-0.39, 0.29) is 55.4 Å². The number of fused-ring (bicyclic) bond motifs is 8. The summed E-state index contributed by atoms with van der Waals surface area (Å²) in [6.07, 6.45) is 2.24. The maximum Gasteiger partial charge on any atom is 0.264 e. The molecular weight excluding hydrogens is 936 g/mol. The van der Waals surface area contributed by atoms with Crippen LogP contribution in [0.15, 0.2) is 97.1 Å². The van der Waals surface area contributed by atoms with Crippen molar-refractivity contribution in [3.63, 3.8) is 0 Å². The van der Waals surface area contributed by atoms with E-state index >= 15 is 0 Å². The van der Waals surface area contributed by atoms with E-state index in [0.717, 1.165) is 12.8 Å². The summed E-state index contributed by atoms with van der Waals surface area (Å²) in [5.41, 5.74) is 26.2. The molecule has 0 fully saturated rings. The predicted octanol–water partition coefficient (Wildman–Crippen LogP) is 19.1. The molecule has 4 heteroatoms. The molecule has 0 unspecified atom stereocenters. The van der Waals surface area contributed by atoms with E-state index in [1.54, 1.807) is 22.3 Å². The molecule has 11 rings (SSSR count). The average molecular weight is 1030 g/mol. The Bertz CT molecular complexity index is 3500. The second kappa shape index (κ2) is 16.3. The summed E-state index contributed by atoms with van der Waals surface area (Å²) in [7, 11) is 0. The minimum Gasteiger partial charge on any atom is -0.311 e. The molecule has 2 nitrogen and oxygen atoms in total. The van der Waals surface area contributed by atoms with Crippen molar-refractivity contribution in [1.82, 2.24) is 0 Å². The molecule has 0 spiro atoms. The van der Waals surface area contributed by atoms with Gasteiger partial charge in [-0.05, 0) is 183 Å². The van der Waals surface area contributed by atoms with Gasteiger partial charge in [0, 0.05) is 43.2 Å². The molecule has 2 aliphatic carbocycles. The largest absolute Gasteiger partial charge is 0.311 e. The van der Waals surface area contributed by atoms with Gasteiger partial charge in [-0.3, -0.25) is 0 Å². The minimum absolute atomic E-state index is 0.00390. The first-order chi connectivity index (χ1) is 34.8. The summed E-state index contributed by atoms with van der Waals surface area (Å²) in [6, 6.07) is 40.1. The molecule has 6 aromatic carbocycles. The van der Waals surface area contributed by atoms with Crippen LogP contribution in [0.1, 0.15) is 222 Å². The van der Waals surface area contributed by atoms with Crippen molar-refractivity contribution < 1.29 is 0 Å². The van der Waals surface area contributed by atoms with Crippen LogP contribution in [0.2, 0.25) is 0 Å². The Kier molecular flexibility index (Phi) is 11.3. The summed E-state index contributed by atoms with van der Waals surface area (Å²) < 4.78 is 2.78. The Morgan fingerprint density at radius 2 is 0.868 bits per heavy atom. The van der Waals surface area contributed by atoms with E-state index in [1.807, 2.05) is 11.3 Å². The van der Waals surface area contributed by atoms with Crippen LogP contribution < -0.4 is 25.5 Å². The fourth-order valence-corrected chi connectivity index (χ4v) is 16.2. The first kappa shape index (κ1) is 53.0. The molecule has 4 aliphatic rings. The molecular formula is C72H89BN2S. The Morgan fingerprint density at radius 1 is 0.421 bits per heavy atom. The summed E-state index contributed by atoms with van der Waals surface area (Å²) in [4.78, 5) is 5.47. The van der Waals surface area contributed by atoms with E-state index in [0.29, 0.717) is 0 Å². The highest BCUT2D eigenvalue weighted by Crippen LogP contribution is 2.63. The van der Waals surface area contributed by atoms with Crippen molar-refractivity contribution in [2.45, 2.75) is 221 Å². The number of nitrogens with zero attached hydrogens (tertiary/aromatic N) is 2. The van der Waals surface area contributed by atoms with Crippen molar-refractivity contribution in [2.75, 3.05) is 9.80 Å². The van der Waals surface area contributed by atoms with Crippen LogP contribution in [-0.2, 0) is 48.7 Å². The molecule has 0 N–H and O–H groups in total. The normalized spacial score (nSPS) is 18.2. The minimum atomic E-state index is -0.146. The molecule has 0 atom stereocenters. The van der Waals surface area contributed by atoms with E-state index in [2.05, 4.69) is 266 Å². The van der Waals surface area contributed by atoms with Gasteiger partial charge in [0.05, 0.1) is 11.4 Å². The first-order valence-electron chi connectivity index (χ1n) is 28.8. The Balaban J connectivity index is 1.33. The number of anilines is 6. The fraction of sp³-hybridized carbons (Fsp3) is 0.472. The Labute approximate surface area is 464 Å². The zero-order valence-electron chi connectivity index (χ0n) is 51.0. The van der Waals surface area contributed by atoms with Gasteiger partial charge in [-0.25, -0.2) is 0 Å². The van der Waals surface area contributed by atoms with Crippen molar-refractivity contribution >= 4 is 78.0 Å². The molecule has 3 heterocycles. The van der Waals surface area contributed by atoms with Crippen molar-refractivity contribution in [1.29, 1.82) is 0 Å². The Hall–Kier alpha value is -5.06. The number of thiophene rings is 1. The molecule has 0 amide bonds. The molecule has 396 valence electrons. The molecule has 0 saturated carbocycles. The Morgan fingerprint density at radius 3 is 1.38 bits per heavy atom. The van der Waals surface area contributed by atoms with Gasteiger partial charge in [0.15, 0.2) is 0 Å².